The summed E-state index contributed by atoms with van der Waals surface area (Å²) in [6, 6.07) is 10.0. The van der Waals surface area contributed by atoms with Crippen LogP contribution >= 0.6 is 0 Å². The fourth-order valence-corrected chi connectivity index (χ4v) is 3.44. The minimum Gasteiger partial charge on any atom is -0.478 e. The number of piperidine rings is 1. The van der Waals surface area contributed by atoms with Crippen molar-refractivity contribution in [2.45, 2.75) is 38.8 Å². The van der Waals surface area contributed by atoms with Crippen molar-refractivity contribution in [1.29, 1.82) is 0 Å². The summed E-state index contributed by atoms with van der Waals surface area (Å²) in [4.78, 5) is 25.4. The van der Waals surface area contributed by atoms with Gasteiger partial charge in [0.1, 0.15) is 5.56 Å². The molecule has 1 aliphatic heterocycles. The number of likely N-dealkylation sites (tertiary alicyclic amines) is 1. The van der Waals surface area contributed by atoms with E-state index in [9.17, 15) is 9.59 Å². The Labute approximate surface area is 158 Å². The summed E-state index contributed by atoms with van der Waals surface area (Å²) >= 11 is 0. The molecule has 0 unspecified atom stereocenters. The van der Waals surface area contributed by atoms with Gasteiger partial charge in [-0.25, -0.2) is 4.79 Å². The first-order valence-corrected chi connectivity index (χ1v) is 9.23. The maximum absolute atomic E-state index is 12.4. The maximum Gasteiger partial charge on any atom is 0.339 e. The molecule has 1 aliphatic rings. The van der Waals surface area contributed by atoms with E-state index in [1.165, 1.54) is 6.20 Å². The molecule has 1 aromatic heterocycles. The predicted molar refractivity (Wildman–Crippen MR) is 99.5 cm³/mol. The highest BCUT2D eigenvalue weighted by molar-refractivity contribution is 5.88. The van der Waals surface area contributed by atoms with Crippen LogP contribution in [-0.2, 0) is 16.1 Å². The molecular weight excluding hydrogens is 346 g/mol. The topological polar surface area (TPSA) is 84.7 Å². The van der Waals surface area contributed by atoms with Crippen LogP contribution < -0.4 is 0 Å². The molecule has 0 saturated carbocycles. The highest BCUT2D eigenvalue weighted by Gasteiger charge is 2.26. The molecule has 3 rings (SSSR count). The van der Waals surface area contributed by atoms with Crippen molar-refractivity contribution in [3.05, 3.63) is 53.3 Å². The summed E-state index contributed by atoms with van der Waals surface area (Å²) in [5.74, 6) is -0.855. The van der Waals surface area contributed by atoms with Crippen LogP contribution in [0.1, 0.15) is 46.9 Å². The molecule has 0 radical (unpaired) electrons. The van der Waals surface area contributed by atoms with Crippen LogP contribution in [0.4, 0.5) is 0 Å². The van der Waals surface area contributed by atoms with E-state index in [0.29, 0.717) is 38.4 Å². The molecule has 0 atom stereocenters. The third kappa shape index (κ3) is 4.74. The number of carboxylic acids is 1. The molecule has 7 nitrogen and oxygen atoms in total. The number of carbonyl (C=O) groups excluding carboxylic acids is 1. The average molecular weight is 371 g/mol. The molecule has 7 heteroatoms. The van der Waals surface area contributed by atoms with E-state index >= 15 is 0 Å². The van der Waals surface area contributed by atoms with Crippen LogP contribution in [0.15, 0.2) is 36.5 Å². The quantitative estimate of drug-likeness (QED) is 0.757. The van der Waals surface area contributed by atoms with Gasteiger partial charge in [0.2, 0.25) is 5.91 Å². The minimum atomic E-state index is -0.957. The van der Waals surface area contributed by atoms with Gasteiger partial charge in [-0.15, -0.1) is 0 Å². The lowest BCUT2D eigenvalue weighted by Crippen LogP contribution is -2.39. The lowest BCUT2D eigenvalue weighted by atomic mass is 10.0. The highest BCUT2D eigenvalue weighted by atomic mass is 16.5. The molecule has 1 saturated heterocycles. The van der Waals surface area contributed by atoms with Crippen molar-refractivity contribution in [2.75, 3.05) is 19.7 Å². The fourth-order valence-electron chi connectivity index (χ4n) is 3.44. The van der Waals surface area contributed by atoms with Gasteiger partial charge >= 0.3 is 5.97 Å². The second-order valence-corrected chi connectivity index (χ2v) is 6.79. The van der Waals surface area contributed by atoms with Gasteiger partial charge in [-0.1, -0.05) is 30.3 Å². The Morgan fingerprint density at radius 2 is 1.93 bits per heavy atom. The van der Waals surface area contributed by atoms with Gasteiger partial charge in [0, 0.05) is 13.1 Å². The first-order chi connectivity index (χ1) is 13.1. The Morgan fingerprint density at radius 1 is 1.22 bits per heavy atom. The molecule has 1 aromatic carbocycles. The molecule has 2 heterocycles. The Balaban J connectivity index is 1.42. The molecule has 1 amide bonds. The number of carboxylic acid groups (broad SMARTS) is 1. The van der Waals surface area contributed by atoms with Crippen molar-refractivity contribution in [1.82, 2.24) is 14.7 Å². The molecule has 1 N–H and O–H groups in total. The number of aromatic nitrogens is 2. The number of rotatable bonds is 7. The number of nitrogens with zero attached hydrogens (tertiary/aromatic N) is 3. The van der Waals surface area contributed by atoms with Crippen molar-refractivity contribution in [2.24, 2.45) is 0 Å². The number of ether oxygens (including phenoxy) is 1. The molecule has 2 aromatic rings. The van der Waals surface area contributed by atoms with Gasteiger partial charge in [0.15, 0.2) is 0 Å². The SMILES string of the molecule is Cc1c(C(=O)O)cnn1C1CCN(C(=O)CCOCc2ccccc2)CC1. The molecule has 0 spiro atoms. The Hall–Kier alpha value is -2.67. The van der Waals surface area contributed by atoms with E-state index in [1.807, 2.05) is 35.2 Å². The monoisotopic (exact) mass is 371 g/mol. The van der Waals surface area contributed by atoms with Gasteiger partial charge in [-0.05, 0) is 25.3 Å². The summed E-state index contributed by atoms with van der Waals surface area (Å²) in [5, 5.41) is 13.4. The summed E-state index contributed by atoms with van der Waals surface area (Å²) in [7, 11) is 0. The van der Waals surface area contributed by atoms with E-state index in [-0.39, 0.29) is 17.5 Å². The number of amides is 1. The van der Waals surface area contributed by atoms with Crippen LogP contribution in [0.3, 0.4) is 0 Å². The van der Waals surface area contributed by atoms with Crippen LogP contribution in [0.5, 0.6) is 0 Å². The van der Waals surface area contributed by atoms with E-state index in [0.717, 1.165) is 18.4 Å². The zero-order chi connectivity index (χ0) is 19.2. The third-order valence-corrected chi connectivity index (χ3v) is 5.01. The number of benzene rings is 1. The Kier molecular flexibility index (Phi) is 6.24. The van der Waals surface area contributed by atoms with Gasteiger partial charge < -0.3 is 14.7 Å². The first-order valence-electron chi connectivity index (χ1n) is 9.23. The van der Waals surface area contributed by atoms with Crippen LogP contribution in [0, 0.1) is 6.92 Å². The zero-order valence-corrected chi connectivity index (χ0v) is 15.5. The van der Waals surface area contributed by atoms with E-state index < -0.39 is 5.97 Å². The predicted octanol–water partition coefficient (Wildman–Crippen LogP) is 2.66. The number of carbonyl (C=O) groups is 2. The molecule has 27 heavy (non-hydrogen) atoms. The number of hydrogen-bond donors (Lipinski definition) is 1. The summed E-state index contributed by atoms with van der Waals surface area (Å²) < 4.78 is 7.38. The van der Waals surface area contributed by atoms with E-state index in [4.69, 9.17) is 9.84 Å². The smallest absolute Gasteiger partial charge is 0.339 e. The fraction of sp³-hybridized carbons (Fsp3) is 0.450. The minimum absolute atomic E-state index is 0.102. The second-order valence-electron chi connectivity index (χ2n) is 6.79. The molecule has 144 valence electrons. The summed E-state index contributed by atoms with van der Waals surface area (Å²) in [5.41, 5.74) is 2.01. The van der Waals surface area contributed by atoms with Gasteiger partial charge in [-0.3, -0.25) is 9.48 Å². The second kappa shape index (κ2) is 8.81. The number of aromatic carboxylic acids is 1. The van der Waals surface area contributed by atoms with Gasteiger partial charge in [-0.2, -0.15) is 5.10 Å². The highest BCUT2D eigenvalue weighted by Crippen LogP contribution is 2.25. The standard InChI is InChI=1S/C20H25N3O4/c1-15-18(20(25)26)13-21-23(15)17-7-10-22(11-8-17)19(24)9-12-27-14-16-5-3-2-4-6-16/h2-6,13,17H,7-12,14H2,1H3,(H,25,26). The summed E-state index contributed by atoms with van der Waals surface area (Å²) in [6.45, 7) is 4.01. The molecular formula is C20H25N3O4. The van der Waals surface area contributed by atoms with Crippen LogP contribution in [0.25, 0.3) is 0 Å². The van der Waals surface area contributed by atoms with Crippen LogP contribution in [-0.4, -0.2) is 51.4 Å². The third-order valence-electron chi connectivity index (χ3n) is 5.01. The van der Waals surface area contributed by atoms with E-state index in [2.05, 4.69) is 5.10 Å². The van der Waals surface area contributed by atoms with Crippen molar-refractivity contribution < 1.29 is 19.4 Å². The Bertz CT molecular complexity index is 780. The van der Waals surface area contributed by atoms with Gasteiger partial charge in [0.25, 0.3) is 0 Å². The normalized spacial score (nSPS) is 15.1. The average Bonchev–Trinajstić information content (AvgIpc) is 3.07. The van der Waals surface area contributed by atoms with E-state index in [1.54, 1.807) is 11.6 Å². The van der Waals surface area contributed by atoms with Crippen molar-refractivity contribution >= 4 is 11.9 Å². The van der Waals surface area contributed by atoms with Gasteiger partial charge in [0.05, 0.1) is 37.6 Å². The Morgan fingerprint density at radius 3 is 2.56 bits per heavy atom. The van der Waals surface area contributed by atoms with Crippen molar-refractivity contribution in [3.63, 3.8) is 0 Å². The molecule has 0 aliphatic carbocycles. The summed E-state index contributed by atoms with van der Waals surface area (Å²) in [6.07, 6.45) is 3.33. The van der Waals surface area contributed by atoms with Crippen molar-refractivity contribution in [3.8, 4) is 0 Å². The molecule has 1 fully saturated rings. The maximum atomic E-state index is 12.4. The lowest BCUT2D eigenvalue weighted by Gasteiger charge is -2.32. The largest absolute Gasteiger partial charge is 0.478 e. The number of hydrogen-bond acceptors (Lipinski definition) is 4. The first kappa shape index (κ1) is 19.1. The lowest BCUT2D eigenvalue weighted by molar-refractivity contribution is -0.133. The zero-order valence-electron chi connectivity index (χ0n) is 15.5. The molecule has 0 bridgehead atoms. The van der Waals surface area contributed by atoms with Crippen LogP contribution in [0.2, 0.25) is 0 Å².